The highest BCUT2D eigenvalue weighted by molar-refractivity contribution is 6.30. The largest absolute Gasteiger partial charge is 0.433 e. The molecule has 1 heterocycles. The fraction of sp³-hybridized carbons (Fsp3) is 0.333. The number of halogens is 4. The first-order valence-corrected chi connectivity index (χ1v) is 5.64. The van der Waals surface area contributed by atoms with Crippen LogP contribution in [-0.4, -0.2) is 24.5 Å². The number of ether oxygens (including phenoxy) is 1. The number of carbonyl (C=O) groups excluding carboxylic acids is 1. The van der Waals surface area contributed by atoms with Crippen molar-refractivity contribution in [1.29, 1.82) is 0 Å². The summed E-state index contributed by atoms with van der Waals surface area (Å²) in [5, 5.41) is -0.244. The molecule has 0 fully saturated rings. The van der Waals surface area contributed by atoms with Crippen molar-refractivity contribution in [2.75, 3.05) is 7.11 Å². The topological polar surface area (TPSA) is 39.2 Å². The lowest BCUT2D eigenvalue weighted by Crippen LogP contribution is -2.10. The van der Waals surface area contributed by atoms with Gasteiger partial charge in [-0.05, 0) is 18.6 Å². The summed E-state index contributed by atoms with van der Waals surface area (Å²) >= 11 is 5.66. The number of alkyl halides is 3. The molecular weight excluding hydrogens is 283 g/mol. The number of carbonyl (C=O) groups is 1. The Morgan fingerprint density at radius 3 is 2.63 bits per heavy atom. The molecule has 0 aromatic carbocycles. The van der Waals surface area contributed by atoms with E-state index in [1.54, 1.807) is 6.08 Å². The average molecular weight is 294 g/mol. The molecule has 0 bridgehead atoms. The van der Waals surface area contributed by atoms with Gasteiger partial charge >= 0.3 is 6.18 Å². The van der Waals surface area contributed by atoms with Gasteiger partial charge in [-0.2, -0.15) is 13.2 Å². The molecular formula is C12H11ClF3NO2. The van der Waals surface area contributed by atoms with Crippen LogP contribution in [0.5, 0.6) is 0 Å². The van der Waals surface area contributed by atoms with Gasteiger partial charge in [0.1, 0.15) is 23.2 Å². The lowest BCUT2D eigenvalue weighted by atomic mass is 10.2. The molecule has 0 aliphatic rings. The van der Waals surface area contributed by atoms with Gasteiger partial charge in [0.05, 0.1) is 0 Å². The summed E-state index contributed by atoms with van der Waals surface area (Å²) in [6.07, 6.45) is -1.10. The highest BCUT2D eigenvalue weighted by Gasteiger charge is 2.32. The molecule has 0 radical (unpaired) electrons. The van der Waals surface area contributed by atoms with Gasteiger partial charge in [-0.1, -0.05) is 23.8 Å². The van der Waals surface area contributed by atoms with Crippen molar-refractivity contribution in [3.05, 3.63) is 34.6 Å². The molecule has 1 rings (SSSR count). The molecule has 0 N–H and O–H groups in total. The van der Waals surface area contributed by atoms with E-state index in [0.29, 0.717) is 18.3 Å². The maximum absolute atomic E-state index is 12.4. The Labute approximate surface area is 113 Å². The molecule has 0 aliphatic heterocycles. The van der Waals surface area contributed by atoms with E-state index in [4.69, 9.17) is 16.3 Å². The summed E-state index contributed by atoms with van der Waals surface area (Å²) in [6, 6.07) is 2.07. The van der Waals surface area contributed by atoms with E-state index in [1.807, 2.05) is 0 Å². The van der Waals surface area contributed by atoms with Crippen LogP contribution in [-0.2, 0) is 15.7 Å². The minimum Gasteiger partial charge on any atom is -0.374 e. The Morgan fingerprint density at radius 1 is 1.47 bits per heavy atom. The summed E-state index contributed by atoms with van der Waals surface area (Å²) in [4.78, 5) is 13.7. The van der Waals surface area contributed by atoms with Gasteiger partial charge in [0.15, 0.2) is 0 Å². The van der Waals surface area contributed by atoms with E-state index in [2.05, 4.69) is 4.98 Å². The molecule has 0 aliphatic carbocycles. The van der Waals surface area contributed by atoms with Crippen molar-refractivity contribution < 1.29 is 22.7 Å². The van der Waals surface area contributed by atoms with E-state index in [0.717, 1.165) is 6.07 Å². The molecule has 3 nitrogen and oxygen atoms in total. The number of hydrogen-bond donors (Lipinski definition) is 0. The van der Waals surface area contributed by atoms with E-state index < -0.39 is 18.0 Å². The highest BCUT2D eigenvalue weighted by Crippen LogP contribution is 2.29. The van der Waals surface area contributed by atoms with E-state index in [9.17, 15) is 18.0 Å². The van der Waals surface area contributed by atoms with Gasteiger partial charge in [-0.25, -0.2) is 4.98 Å². The zero-order valence-corrected chi connectivity index (χ0v) is 10.7. The number of aromatic nitrogens is 1. The second-order valence-corrected chi connectivity index (χ2v) is 3.98. The van der Waals surface area contributed by atoms with E-state index in [1.165, 1.54) is 19.3 Å². The van der Waals surface area contributed by atoms with Crippen molar-refractivity contribution in [2.24, 2.45) is 0 Å². The quantitative estimate of drug-likeness (QED) is 0.617. The average Bonchev–Trinajstić information content (AvgIpc) is 2.35. The monoisotopic (exact) mass is 293 g/mol. The fourth-order valence-corrected chi connectivity index (χ4v) is 1.48. The first-order valence-electron chi connectivity index (χ1n) is 5.27. The molecule has 1 atom stereocenters. The van der Waals surface area contributed by atoms with Crippen LogP contribution in [0, 0.1) is 0 Å². The molecule has 19 heavy (non-hydrogen) atoms. The Bertz CT molecular complexity index is 475. The molecule has 0 unspecified atom stereocenters. The van der Waals surface area contributed by atoms with Crippen LogP contribution in [0.1, 0.15) is 17.7 Å². The first-order chi connectivity index (χ1) is 8.88. The summed E-state index contributed by atoms with van der Waals surface area (Å²) in [5.41, 5.74) is -0.701. The third-order valence-corrected chi connectivity index (χ3v) is 2.59. The van der Waals surface area contributed by atoms with Gasteiger partial charge in [0, 0.05) is 12.7 Å². The van der Waals surface area contributed by atoms with Crippen molar-refractivity contribution >= 4 is 24.0 Å². The molecule has 7 heteroatoms. The molecule has 0 amide bonds. The molecule has 1 aromatic rings. The number of methoxy groups -OCH3 is 1. The third-order valence-electron chi connectivity index (χ3n) is 2.29. The van der Waals surface area contributed by atoms with Crippen molar-refractivity contribution in [3.63, 3.8) is 0 Å². The minimum atomic E-state index is -4.52. The van der Waals surface area contributed by atoms with Gasteiger partial charge in [-0.3, -0.25) is 0 Å². The minimum absolute atomic E-state index is 0.244. The Balaban J connectivity index is 2.81. The number of nitrogens with zero attached hydrogens (tertiary/aromatic N) is 1. The van der Waals surface area contributed by atoms with Gasteiger partial charge in [0.2, 0.25) is 0 Å². The Kier molecular flexibility index (Phi) is 5.50. The molecule has 1 aromatic heterocycles. The maximum atomic E-state index is 12.4. The number of hydrogen-bond acceptors (Lipinski definition) is 3. The lowest BCUT2D eigenvalue weighted by molar-refractivity contribution is -0.141. The molecule has 0 spiro atoms. The molecule has 0 saturated carbocycles. The van der Waals surface area contributed by atoms with Crippen LogP contribution in [0.4, 0.5) is 13.2 Å². The van der Waals surface area contributed by atoms with E-state index >= 15 is 0 Å². The second kappa shape index (κ2) is 6.68. The van der Waals surface area contributed by atoms with Crippen LogP contribution >= 0.6 is 11.6 Å². The number of rotatable bonds is 5. The van der Waals surface area contributed by atoms with Gasteiger partial charge in [-0.15, -0.1) is 0 Å². The highest BCUT2D eigenvalue weighted by atomic mass is 35.5. The third kappa shape index (κ3) is 4.65. The molecule has 104 valence electrons. The normalized spacial score (nSPS) is 13.7. The van der Waals surface area contributed by atoms with Gasteiger partial charge in [0.25, 0.3) is 0 Å². The summed E-state index contributed by atoms with van der Waals surface area (Å²) < 4.78 is 41.9. The number of aldehydes is 1. The zero-order valence-electron chi connectivity index (χ0n) is 9.95. The summed E-state index contributed by atoms with van der Waals surface area (Å²) in [6.45, 7) is 0. The van der Waals surface area contributed by atoms with Crippen LogP contribution < -0.4 is 0 Å². The zero-order chi connectivity index (χ0) is 14.5. The van der Waals surface area contributed by atoms with Crippen molar-refractivity contribution in [3.8, 4) is 0 Å². The van der Waals surface area contributed by atoms with E-state index in [-0.39, 0.29) is 5.15 Å². The first kappa shape index (κ1) is 15.7. The van der Waals surface area contributed by atoms with Crippen LogP contribution in [0.15, 0.2) is 18.2 Å². The molecule has 0 saturated heterocycles. The second-order valence-electron chi connectivity index (χ2n) is 3.62. The van der Waals surface area contributed by atoms with Crippen LogP contribution in [0.2, 0.25) is 5.15 Å². The summed E-state index contributed by atoms with van der Waals surface area (Å²) in [7, 11) is 1.39. The Morgan fingerprint density at radius 2 is 2.16 bits per heavy atom. The smallest absolute Gasteiger partial charge is 0.374 e. The van der Waals surface area contributed by atoms with Crippen LogP contribution in [0.3, 0.4) is 0 Å². The summed E-state index contributed by atoms with van der Waals surface area (Å²) in [5.74, 6) is 0. The van der Waals surface area contributed by atoms with Crippen molar-refractivity contribution in [2.45, 2.75) is 18.7 Å². The predicted octanol–water partition coefficient (Wildman–Crippen LogP) is 3.37. The standard InChI is InChI=1S/C12H11ClF3NO2/c1-19-9(7-18)4-2-3-8-5-6-10(12(14,15)16)17-11(8)13/h2-3,5-7,9H,4H2,1H3/b3-2+/t9-/m1/s1. The Hall–Kier alpha value is -1.40. The lowest BCUT2D eigenvalue weighted by Gasteiger charge is -2.07. The number of pyridine rings is 1. The van der Waals surface area contributed by atoms with Gasteiger partial charge < -0.3 is 9.53 Å². The SMILES string of the molecule is CO[C@@H](C=O)C/C=C/c1ccc(C(F)(F)F)nc1Cl. The fourth-order valence-electron chi connectivity index (χ4n) is 1.26. The van der Waals surface area contributed by atoms with Crippen molar-refractivity contribution in [1.82, 2.24) is 4.98 Å². The maximum Gasteiger partial charge on any atom is 0.433 e. The predicted molar refractivity (Wildman–Crippen MR) is 64.8 cm³/mol. The van der Waals surface area contributed by atoms with Crippen LogP contribution in [0.25, 0.3) is 6.08 Å².